The van der Waals surface area contributed by atoms with E-state index in [0.717, 1.165) is 25.5 Å². The number of nitrogens with zero attached hydrogens (tertiary/aromatic N) is 3. The minimum atomic E-state index is 0.146. The molecule has 0 aromatic carbocycles. The van der Waals surface area contributed by atoms with Crippen molar-refractivity contribution >= 4 is 5.82 Å². The summed E-state index contributed by atoms with van der Waals surface area (Å²) in [6.07, 6.45) is 4.38. The summed E-state index contributed by atoms with van der Waals surface area (Å²) in [5.41, 5.74) is 1.46. The molecular formula is C17H30N4. The predicted molar refractivity (Wildman–Crippen MR) is 89.8 cm³/mol. The highest BCUT2D eigenvalue weighted by molar-refractivity contribution is 5.41. The van der Waals surface area contributed by atoms with Gasteiger partial charge >= 0.3 is 0 Å². The molecule has 0 aliphatic carbocycles. The van der Waals surface area contributed by atoms with Gasteiger partial charge in [0.1, 0.15) is 5.82 Å². The SMILES string of the molecule is CN(C)C1CCN(c2cc(CNC(C)(C)C)ccn2)CC1. The van der Waals surface area contributed by atoms with Crippen molar-refractivity contribution in [1.82, 2.24) is 15.2 Å². The summed E-state index contributed by atoms with van der Waals surface area (Å²) in [5.74, 6) is 1.13. The Balaban J connectivity index is 1.95. The molecule has 2 rings (SSSR count). The Morgan fingerprint density at radius 2 is 1.95 bits per heavy atom. The van der Waals surface area contributed by atoms with Crippen molar-refractivity contribution in [2.45, 2.75) is 51.7 Å². The molecule has 0 unspecified atom stereocenters. The van der Waals surface area contributed by atoms with Crippen LogP contribution in [0.15, 0.2) is 18.3 Å². The molecule has 1 aliphatic rings. The van der Waals surface area contributed by atoms with Crippen LogP contribution in [0.2, 0.25) is 0 Å². The molecule has 118 valence electrons. The minimum Gasteiger partial charge on any atom is -0.356 e. The van der Waals surface area contributed by atoms with Crippen LogP contribution in [0.1, 0.15) is 39.2 Å². The fourth-order valence-corrected chi connectivity index (χ4v) is 2.72. The van der Waals surface area contributed by atoms with Crippen molar-refractivity contribution in [3.63, 3.8) is 0 Å². The summed E-state index contributed by atoms with van der Waals surface area (Å²) in [6, 6.07) is 5.05. The zero-order chi connectivity index (χ0) is 15.5. The number of aromatic nitrogens is 1. The van der Waals surface area contributed by atoms with Crippen molar-refractivity contribution in [3.8, 4) is 0 Å². The number of rotatable bonds is 4. The summed E-state index contributed by atoms with van der Waals surface area (Å²) >= 11 is 0. The van der Waals surface area contributed by atoms with Crippen LogP contribution in [0.25, 0.3) is 0 Å². The normalized spacial score (nSPS) is 17.5. The topological polar surface area (TPSA) is 31.4 Å². The number of hydrogen-bond donors (Lipinski definition) is 1. The van der Waals surface area contributed by atoms with Gasteiger partial charge in [-0.3, -0.25) is 0 Å². The zero-order valence-electron chi connectivity index (χ0n) is 14.2. The lowest BCUT2D eigenvalue weighted by Crippen LogP contribution is -2.42. The quantitative estimate of drug-likeness (QED) is 0.923. The van der Waals surface area contributed by atoms with E-state index in [9.17, 15) is 0 Å². The smallest absolute Gasteiger partial charge is 0.128 e. The second-order valence-electron chi connectivity index (χ2n) is 7.31. The highest BCUT2D eigenvalue weighted by Crippen LogP contribution is 2.20. The molecular weight excluding hydrogens is 260 g/mol. The molecule has 21 heavy (non-hydrogen) atoms. The average molecular weight is 290 g/mol. The van der Waals surface area contributed by atoms with Crippen LogP contribution in [0, 0.1) is 0 Å². The third kappa shape index (κ3) is 4.97. The Morgan fingerprint density at radius 1 is 1.29 bits per heavy atom. The van der Waals surface area contributed by atoms with E-state index in [0.29, 0.717) is 6.04 Å². The van der Waals surface area contributed by atoms with Gasteiger partial charge < -0.3 is 15.1 Å². The minimum absolute atomic E-state index is 0.146. The Kier molecular flexibility index (Phi) is 5.22. The Labute approximate surface area is 129 Å². The summed E-state index contributed by atoms with van der Waals surface area (Å²) in [5, 5.41) is 3.54. The number of hydrogen-bond acceptors (Lipinski definition) is 4. The molecule has 1 aliphatic heterocycles. The summed E-state index contributed by atoms with van der Waals surface area (Å²) in [6.45, 7) is 9.69. The lowest BCUT2D eigenvalue weighted by molar-refractivity contribution is 0.249. The first-order chi connectivity index (χ1) is 9.85. The van der Waals surface area contributed by atoms with Gasteiger partial charge in [-0.2, -0.15) is 0 Å². The van der Waals surface area contributed by atoms with Crippen LogP contribution in [0.3, 0.4) is 0 Å². The molecule has 0 radical (unpaired) electrons. The van der Waals surface area contributed by atoms with Crippen molar-refractivity contribution in [3.05, 3.63) is 23.9 Å². The van der Waals surface area contributed by atoms with Crippen molar-refractivity contribution in [2.24, 2.45) is 0 Å². The molecule has 2 heterocycles. The van der Waals surface area contributed by atoms with Gasteiger partial charge in [-0.15, -0.1) is 0 Å². The van der Waals surface area contributed by atoms with Crippen molar-refractivity contribution < 1.29 is 0 Å². The molecule has 0 spiro atoms. The molecule has 4 nitrogen and oxygen atoms in total. The van der Waals surface area contributed by atoms with Gasteiger partial charge in [-0.1, -0.05) is 0 Å². The summed E-state index contributed by atoms with van der Waals surface area (Å²) < 4.78 is 0. The second-order valence-corrected chi connectivity index (χ2v) is 7.31. The maximum atomic E-state index is 4.56. The largest absolute Gasteiger partial charge is 0.356 e. The van der Waals surface area contributed by atoms with Gasteiger partial charge in [0.2, 0.25) is 0 Å². The standard InChI is InChI=1S/C17H30N4/c1-17(2,3)19-13-14-6-9-18-16(12-14)21-10-7-15(8-11-21)20(4)5/h6,9,12,15,19H,7-8,10-11,13H2,1-5H3. The molecule has 0 atom stereocenters. The van der Waals surface area contributed by atoms with Gasteiger partial charge in [-0.25, -0.2) is 4.98 Å². The molecule has 4 heteroatoms. The van der Waals surface area contributed by atoms with E-state index in [-0.39, 0.29) is 5.54 Å². The summed E-state index contributed by atoms with van der Waals surface area (Å²) in [7, 11) is 4.36. The van der Waals surface area contributed by atoms with Gasteiger partial charge in [-0.05, 0) is 65.4 Å². The van der Waals surface area contributed by atoms with E-state index in [4.69, 9.17) is 0 Å². The predicted octanol–water partition coefficient (Wildman–Crippen LogP) is 2.50. The van der Waals surface area contributed by atoms with E-state index in [1.165, 1.54) is 18.4 Å². The van der Waals surface area contributed by atoms with Gasteiger partial charge in [0.25, 0.3) is 0 Å². The molecule has 1 N–H and O–H groups in total. The van der Waals surface area contributed by atoms with E-state index in [1.807, 2.05) is 6.20 Å². The van der Waals surface area contributed by atoms with Crippen LogP contribution in [0.5, 0.6) is 0 Å². The lowest BCUT2D eigenvalue weighted by atomic mass is 10.0. The first-order valence-electron chi connectivity index (χ1n) is 7.96. The van der Waals surface area contributed by atoms with Crippen LogP contribution in [0.4, 0.5) is 5.82 Å². The highest BCUT2D eigenvalue weighted by Gasteiger charge is 2.21. The number of pyridine rings is 1. The number of piperidine rings is 1. The Bertz CT molecular complexity index is 442. The van der Waals surface area contributed by atoms with Crippen molar-refractivity contribution in [1.29, 1.82) is 0 Å². The zero-order valence-corrected chi connectivity index (χ0v) is 14.2. The number of anilines is 1. The van der Waals surface area contributed by atoms with E-state index < -0.39 is 0 Å². The molecule has 0 bridgehead atoms. The van der Waals surface area contributed by atoms with Crippen LogP contribution in [-0.2, 0) is 6.54 Å². The first-order valence-corrected chi connectivity index (χ1v) is 7.96. The van der Waals surface area contributed by atoms with Crippen molar-refractivity contribution in [2.75, 3.05) is 32.1 Å². The molecule has 0 amide bonds. The Morgan fingerprint density at radius 3 is 2.52 bits per heavy atom. The maximum absolute atomic E-state index is 4.56. The number of nitrogens with one attached hydrogen (secondary N) is 1. The van der Waals surface area contributed by atoms with Gasteiger partial charge in [0.15, 0.2) is 0 Å². The molecule has 1 aromatic rings. The molecule has 1 saturated heterocycles. The van der Waals surface area contributed by atoms with E-state index >= 15 is 0 Å². The maximum Gasteiger partial charge on any atom is 0.128 e. The Hall–Kier alpha value is -1.13. The molecule has 0 saturated carbocycles. The average Bonchev–Trinajstić information content (AvgIpc) is 2.45. The lowest BCUT2D eigenvalue weighted by Gasteiger charge is -2.36. The molecule has 1 fully saturated rings. The van der Waals surface area contributed by atoms with E-state index in [2.05, 4.69) is 67.1 Å². The fourth-order valence-electron chi connectivity index (χ4n) is 2.72. The molecule has 1 aromatic heterocycles. The van der Waals surface area contributed by atoms with Crippen LogP contribution in [-0.4, -0.2) is 48.6 Å². The highest BCUT2D eigenvalue weighted by atomic mass is 15.2. The third-order valence-electron chi connectivity index (χ3n) is 4.15. The first kappa shape index (κ1) is 16.2. The third-order valence-corrected chi connectivity index (χ3v) is 4.15. The summed E-state index contributed by atoms with van der Waals surface area (Å²) in [4.78, 5) is 9.32. The fraction of sp³-hybridized carbons (Fsp3) is 0.706. The van der Waals surface area contributed by atoms with Gasteiger partial charge in [0.05, 0.1) is 0 Å². The van der Waals surface area contributed by atoms with Crippen LogP contribution < -0.4 is 10.2 Å². The van der Waals surface area contributed by atoms with Crippen LogP contribution >= 0.6 is 0 Å². The monoisotopic (exact) mass is 290 g/mol. The van der Waals surface area contributed by atoms with Gasteiger partial charge in [0, 0.05) is 37.4 Å². The second kappa shape index (κ2) is 6.75. The van der Waals surface area contributed by atoms with E-state index in [1.54, 1.807) is 0 Å².